The molecule has 0 aliphatic carbocycles. The predicted octanol–water partition coefficient (Wildman–Crippen LogP) is 0.917. The Labute approximate surface area is 115 Å². The van der Waals surface area contributed by atoms with Crippen LogP contribution >= 0.6 is 11.3 Å². The molecule has 1 amide bonds. The zero-order valence-electron chi connectivity index (χ0n) is 10.7. The highest BCUT2D eigenvalue weighted by Crippen LogP contribution is 2.10. The van der Waals surface area contributed by atoms with Crippen molar-refractivity contribution in [2.45, 2.75) is 19.9 Å². The number of rotatable bonds is 6. The number of carbonyl (C=O) groups excluding carboxylic acids is 1. The third-order valence-corrected chi connectivity index (χ3v) is 3.44. The standard InChI is InChI=1S/C12H17N5OS/c1-9(7-17-6-2-4-15-17)11(18)14-5-3-10-8-19-12(13)16-10/h2,4,6,8-9H,3,5,7H2,1H3,(H2,13,16)(H,14,18). The molecule has 7 heteroatoms. The minimum absolute atomic E-state index is 0.0266. The van der Waals surface area contributed by atoms with Gasteiger partial charge in [0.15, 0.2) is 5.13 Å². The van der Waals surface area contributed by atoms with Crippen molar-refractivity contribution >= 4 is 22.4 Å². The normalized spacial score (nSPS) is 12.3. The summed E-state index contributed by atoms with van der Waals surface area (Å²) in [6.45, 7) is 3.05. The number of aromatic nitrogens is 3. The fourth-order valence-electron chi connectivity index (χ4n) is 1.70. The van der Waals surface area contributed by atoms with Crippen LogP contribution in [-0.2, 0) is 17.8 Å². The molecule has 0 saturated heterocycles. The Balaban J connectivity index is 1.71. The summed E-state index contributed by atoms with van der Waals surface area (Å²) >= 11 is 1.41. The smallest absolute Gasteiger partial charge is 0.224 e. The van der Waals surface area contributed by atoms with E-state index in [4.69, 9.17) is 5.73 Å². The molecule has 0 fully saturated rings. The highest BCUT2D eigenvalue weighted by molar-refractivity contribution is 7.13. The number of nitrogens with two attached hydrogens (primary N) is 1. The fourth-order valence-corrected chi connectivity index (χ4v) is 2.29. The molecule has 102 valence electrons. The Hall–Kier alpha value is -1.89. The molecule has 0 radical (unpaired) electrons. The van der Waals surface area contributed by atoms with Crippen LogP contribution in [0.5, 0.6) is 0 Å². The third kappa shape index (κ3) is 4.06. The van der Waals surface area contributed by atoms with Gasteiger partial charge in [-0.3, -0.25) is 9.48 Å². The van der Waals surface area contributed by atoms with Gasteiger partial charge in [-0.15, -0.1) is 11.3 Å². The molecule has 2 aromatic heterocycles. The van der Waals surface area contributed by atoms with Crippen LogP contribution < -0.4 is 11.1 Å². The second-order valence-corrected chi connectivity index (χ2v) is 5.24. The molecule has 0 spiro atoms. The van der Waals surface area contributed by atoms with E-state index < -0.39 is 0 Å². The second kappa shape index (κ2) is 6.33. The van der Waals surface area contributed by atoms with Gasteiger partial charge in [0.2, 0.25) is 5.91 Å². The molecule has 2 rings (SSSR count). The van der Waals surface area contributed by atoms with Crippen LogP contribution in [0.15, 0.2) is 23.8 Å². The minimum atomic E-state index is -0.111. The van der Waals surface area contributed by atoms with Crippen molar-refractivity contribution in [1.29, 1.82) is 0 Å². The zero-order valence-corrected chi connectivity index (χ0v) is 11.6. The Morgan fingerprint density at radius 3 is 3.11 bits per heavy atom. The van der Waals surface area contributed by atoms with E-state index >= 15 is 0 Å². The van der Waals surface area contributed by atoms with E-state index in [-0.39, 0.29) is 11.8 Å². The van der Waals surface area contributed by atoms with Crippen molar-refractivity contribution in [3.05, 3.63) is 29.5 Å². The van der Waals surface area contributed by atoms with E-state index in [0.29, 0.717) is 24.6 Å². The lowest BCUT2D eigenvalue weighted by Crippen LogP contribution is -2.33. The number of amides is 1. The summed E-state index contributed by atoms with van der Waals surface area (Å²) in [5.41, 5.74) is 6.46. The fraction of sp³-hybridized carbons (Fsp3) is 0.417. The summed E-state index contributed by atoms with van der Waals surface area (Å²) in [6.07, 6.45) is 4.26. The highest BCUT2D eigenvalue weighted by Gasteiger charge is 2.13. The van der Waals surface area contributed by atoms with Gasteiger partial charge in [0.05, 0.1) is 18.2 Å². The van der Waals surface area contributed by atoms with Crippen molar-refractivity contribution in [2.24, 2.45) is 5.92 Å². The molecule has 3 N–H and O–H groups in total. The maximum absolute atomic E-state index is 11.9. The van der Waals surface area contributed by atoms with E-state index in [1.807, 2.05) is 24.6 Å². The molecule has 2 heterocycles. The van der Waals surface area contributed by atoms with Gasteiger partial charge in [0, 0.05) is 30.7 Å². The largest absolute Gasteiger partial charge is 0.375 e. The molecular weight excluding hydrogens is 262 g/mol. The lowest BCUT2D eigenvalue weighted by atomic mass is 10.1. The maximum Gasteiger partial charge on any atom is 0.224 e. The van der Waals surface area contributed by atoms with E-state index in [1.54, 1.807) is 10.9 Å². The molecule has 0 aliphatic heterocycles. The quantitative estimate of drug-likeness (QED) is 0.823. The molecule has 19 heavy (non-hydrogen) atoms. The van der Waals surface area contributed by atoms with Gasteiger partial charge in [0.25, 0.3) is 0 Å². The summed E-state index contributed by atoms with van der Waals surface area (Å²) in [5, 5.41) is 9.45. The first-order chi connectivity index (χ1) is 9.15. The topological polar surface area (TPSA) is 85.8 Å². The maximum atomic E-state index is 11.9. The van der Waals surface area contributed by atoms with Crippen LogP contribution in [0.4, 0.5) is 5.13 Å². The number of carbonyl (C=O) groups is 1. The van der Waals surface area contributed by atoms with Gasteiger partial charge in [-0.25, -0.2) is 4.98 Å². The number of nitrogen functional groups attached to an aromatic ring is 1. The van der Waals surface area contributed by atoms with Gasteiger partial charge in [-0.05, 0) is 6.07 Å². The molecule has 0 aliphatic rings. The molecule has 6 nitrogen and oxygen atoms in total. The molecule has 0 bridgehead atoms. The first kappa shape index (κ1) is 13.5. The number of nitrogens with one attached hydrogen (secondary N) is 1. The van der Waals surface area contributed by atoms with Gasteiger partial charge in [-0.1, -0.05) is 6.92 Å². The SMILES string of the molecule is CC(Cn1cccn1)C(=O)NCCc1csc(N)n1. The summed E-state index contributed by atoms with van der Waals surface area (Å²) in [6, 6.07) is 1.84. The van der Waals surface area contributed by atoms with Gasteiger partial charge in [0.1, 0.15) is 0 Å². The summed E-state index contributed by atoms with van der Waals surface area (Å²) in [5.74, 6) is -0.0842. The van der Waals surface area contributed by atoms with Crippen LogP contribution in [-0.4, -0.2) is 27.2 Å². The van der Waals surface area contributed by atoms with Crippen molar-refractivity contribution < 1.29 is 4.79 Å². The summed E-state index contributed by atoms with van der Waals surface area (Å²) in [4.78, 5) is 16.0. The van der Waals surface area contributed by atoms with E-state index in [0.717, 1.165) is 5.69 Å². The van der Waals surface area contributed by atoms with Crippen molar-refractivity contribution in [3.63, 3.8) is 0 Å². The Kier molecular flexibility index (Phi) is 4.51. The third-order valence-electron chi connectivity index (χ3n) is 2.72. The van der Waals surface area contributed by atoms with E-state index in [1.165, 1.54) is 11.3 Å². The lowest BCUT2D eigenvalue weighted by molar-refractivity contribution is -0.124. The van der Waals surface area contributed by atoms with Gasteiger partial charge < -0.3 is 11.1 Å². The Morgan fingerprint density at radius 1 is 1.63 bits per heavy atom. The number of anilines is 1. The highest BCUT2D eigenvalue weighted by atomic mass is 32.1. The van der Waals surface area contributed by atoms with Crippen molar-refractivity contribution in [1.82, 2.24) is 20.1 Å². The molecule has 1 unspecified atom stereocenters. The Bertz CT molecular complexity index is 522. The van der Waals surface area contributed by atoms with Crippen LogP contribution in [0.2, 0.25) is 0 Å². The van der Waals surface area contributed by atoms with E-state index in [2.05, 4.69) is 15.4 Å². The molecule has 0 saturated carbocycles. The van der Waals surface area contributed by atoms with Crippen molar-refractivity contribution in [3.8, 4) is 0 Å². The van der Waals surface area contributed by atoms with Gasteiger partial charge in [-0.2, -0.15) is 5.10 Å². The molecular formula is C12H17N5OS. The average molecular weight is 279 g/mol. The van der Waals surface area contributed by atoms with Crippen LogP contribution in [0.25, 0.3) is 0 Å². The second-order valence-electron chi connectivity index (χ2n) is 4.35. The van der Waals surface area contributed by atoms with Crippen LogP contribution in [0.3, 0.4) is 0 Å². The van der Waals surface area contributed by atoms with E-state index in [9.17, 15) is 4.79 Å². The number of hydrogen-bond donors (Lipinski definition) is 2. The number of hydrogen-bond acceptors (Lipinski definition) is 5. The van der Waals surface area contributed by atoms with Crippen LogP contribution in [0, 0.1) is 5.92 Å². The predicted molar refractivity (Wildman–Crippen MR) is 74.6 cm³/mol. The lowest BCUT2D eigenvalue weighted by Gasteiger charge is -2.11. The molecule has 1 atom stereocenters. The first-order valence-electron chi connectivity index (χ1n) is 6.10. The zero-order chi connectivity index (χ0) is 13.7. The van der Waals surface area contributed by atoms with Crippen LogP contribution in [0.1, 0.15) is 12.6 Å². The summed E-state index contributed by atoms with van der Waals surface area (Å²) in [7, 11) is 0. The molecule has 2 aromatic rings. The minimum Gasteiger partial charge on any atom is -0.375 e. The molecule has 0 aromatic carbocycles. The number of nitrogens with zero attached hydrogens (tertiary/aromatic N) is 3. The van der Waals surface area contributed by atoms with Crippen molar-refractivity contribution in [2.75, 3.05) is 12.3 Å². The monoisotopic (exact) mass is 279 g/mol. The Morgan fingerprint density at radius 2 is 2.47 bits per heavy atom. The number of thiazole rings is 1. The average Bonchev–Trinajstić information content (AvgIpc) is 3.01. The first-order valence-corrected chi connectivity index (χ1v) is 6.98. The summed E-state index contributed by atoms with van der Waals surface area (Å²) < 4.78 is 1.76. The van der Waals surface area contributed by atoms with Gasteiger partial charge >= 0.3 is 0 Å².